The van der Waals surface area contributed by atoms with Crippen molar-refractivity contribution < 1.29 is 38.5 Å². The summed E-state index contributed by atoms with van der Waals surface area (Å²) in [5, 5.41) is 21.2. The lowest BCUT2D eigenvalue weighted by Crippen LogP contribution is -2.56. The van der Waals surface area contributed by atoms with Gasteiger partial charge in [-0.3, -0.25) is 0 Å². The zero-order valence-electron chi connectivity index (χ0n) is 17.3. The Balaban J connectivity index is 1.35. The van der Waals surface area contributed by atoms with E-state index in [1.54, 1.807) is 0 Å². The lowest BCUT2D eigenvalue weighted by molar-refractivity contribution is -0.392. The van der Waals surface area contributed by atoms with Gasteiger partial charge in [-0.15, -0.1) is 0 Å². The first-order valence-corrected chi connectivity index (χ1v) is 9.82. The first kappa shape index (κ1) is 21.6. The number of aromatic nitrogens is 2. The Labute approximate surface area is 173 Å². The molecule has 0 radical (unpaired) electrons. The van der Waals surface area contributed by atoms with Crippen LogP contribution in [-0.2, 0) is 35.0 Å². The lowest BCUT2D eigenvalue weighted by atomic mass is 9.99. The van der Waals surface area contributed by atoms with Crippen molar-refractivity contribution in [2.45, 2.75) is 82.6 Å². The van der Waals surface area contributed by atoms with Gasteiger partial charge in [0.25, 0.3) is 0 Å². The van der Waals surface area contributed by atoms with Crippen LogP contribution in [0.25, 0.3) is 0 Å². The van der Waals surface area contributed by atoms with Crippen molar-refractivity contribution in [3.8, 4) is 0 Å². The van der Waals surface area contributed by atoms with Gasteiger partial charge in [0, 0.05) is 0 Å². The molecule has 0 aliphatic carbocycles. The Morgan fingerprint density at radius 3 is 2.60 bits per heavy atom. The van der Waals surface area contributed by atoms with Crippen LogP contribution < -0.4 is 0 Å². The number of aliphatic hydroxyl groups is 1. The van der Waals surface area contributed by atoms with E-state index in [0.29, 0.717) is 0 Å². The van der Waals surface area contributed by atoms with E-state index in [0.717, 1.165) is 6.20 Å². The lowest BCUT2D eigenvalue weighted by Gasteiger charge is -2.37. The van der Waals surface area contributed by atoms with Crippen molar-refractivity contribution in [3.63, 3.8) is 0 Å². The number of hydrogen-bond acceptors (Lipinski definition) is 10. The predicted octanol–water partition coefficient (Wildman–Crippen LogP) is 0.565. The summed E-state index contributed by atoms with van der Waals surface area (Å²) in [5.74, 6) is -1.80. The van der Waals surface area contributed by atoms with Crippen molar-refractivity contribution in [2.75, 3.05) is 13.2 Å². The maximum atomic E-state index is 10.9. The molecule has 1 aromatic heterocycles. The number of fused-ring (bicyclic) bond motifs is 3. The summed E-state index contributed by atoms with van der Waals surface area (Å²) < 4.78 is 36.8. The number of rotatable bonds is 7. The van der Waals surface area contributed by atoms with Gasteiger partial charge in [0.2, 0.25) is 0 Å². The average molecular weight is 429 g/mol. The molecule has 6 atom stereocenters. The molecule has 4 rings (SSSR count). The molecule has 4 heterocycles. The molecule has 30 heavy (non-hydrogen) atoms. The van der Waals surface area contributed by atoms with Crippen LogP contribution in [0.4, 0.5) is 5.82 Å². The third-order valence-corrected chi connectivity index (χ3v) is 5.13. The third-order valence-electron chi connectivity index (χ3n) is 5.13. The standard InChI is InChI=1S/C18H27N3O9/c1-17(2)27-13-11(26-16-15(14(13)28-17)29-18(3,4)30-16)8-25-7-10(22)6-20-9-19-5-12(20)21(23)24/h5,9-11,13-16,22H,6-8H2,1-4H3/t10?,11-,13+,14+,15-,16-/m1/s1. The number of nitro groups is 1. The molecule has 3 aliphatic rings. The molecule has 1 N–H and O–H groups in total. The minimum atomic E-state index is -0.966. The molecule has 0 amide bonds. The van der Waals surface area contributed by atoms with Crippen LogP contribution in [-0.4, -0.2) is 81.2 Å². The van der Waals surface area contributed by atoms with E-state index in [2.05, 4.69) is 4.98 Å². The Kier molecular flexibility index (Phi) is 5.60. The van der Waals surface area contributed by atoms with Gasteiger partial charge in [-0.05, 0) is 32.6 Å². The molecule has 3 saturated heterocycles. The number of nitrogens with zero attached hydrogens (tertiary/aromatic N) is 3. The average Bonchev–Trinajstić information content (AvgIpc) is 3.28. The topological polar surface area (TPSA) is 137 Å². The van der Waals surface area contributed by atoms with E-state index in [4.69, 9.17) is 28.4 Å². The number of imidazole rings is 1. The maximum Gasteiger partial charge on any atom is 0.342 e. The highest BCUT2D eigenvalue weighted by Crippen LogP contribution is 2.44. The summed E-state index contributed by atoms with van der Waals surface area (Å²) in [6.45, 7) is 7.31. The molecule has 3 fully saturated rings. The molecule has 12 nitrogen and oxygen atoms in total. The van der Waals surface area contributed by atoms with E-state index in [-0.39, 0.29) is 31.7 Å². The van der Waals surface area contributed by atoms with E-state index in [1.807, 2.05) is 27.7 Å². The molecule has 0 spiro atoms. The first-order valence-electron chi connectivity index (χ1n) is 9.82. The number of aliphatic hydroxyl groups excluding tert-OH is 1. The van der Waals surface area contributed by atoms with Gasteiger partial charge in [0.1, 0.15) is 43.3 Å². The predicted molar refractivity (Wildman–Crippen MR) is 98.2 cm³/mol. The fourth-order valence-corrected chi connectivity index (χ4v) is 4.03. The smallest absolute Gasteiger partial charge is 0.342 e. The zero-order valence-corrected chi connectivity index (χ0v) is 17.3. The number of ether oxygens (including phenoxy) is 6. The fraction of sp³-hybridized carbons (Fsp3) is 0.833. The largest absolute Gasteiger partial charge is 0.387 e. The minimum Gasteiger partial charge on any atom is -0.387 e. The quantitative estimate of drug-likeness (QED) is 0.484. The van der Waals surface area contributed by atoms with Gasteiger partial charge < -0.3 is 43.6 Å². The van der Waals surface area contributed by atoms with E-state index in [1.165, 1.54) is 10.9 Å². The highest BCUT2D eigenvalue weighted by atomic mass is 16.9. The molecular formula is C18H27N3O9. The van der Waals surface area contributed by atoms with Crippen molar-refractivity contribution >= 4 is 5.82 Å². The van der Waals surface area contributed by atoms with Crippen LogP contribution >= 0.6 is 0 Å². The zero-order chi connectivity index (χ0) is 21.7. The highest BCUT2D eigenvalue weighted by molar-refractivity contribution is 5.14. The normalized spacial score (nSPS) is 35.0. The first-order chi connectivity index (χ1) is 14.0. The summed E-state index contributed by atoms with van der Waals surface area (Å²) >= 11 is 0. The van der Waals surface area contributed by atoms with Crippen LogP contribution in [0.1, 0.15) is 27.7 Å². The Bertz CT molecular complexity index is 783. The van der Waals surface area contributed by atoms with Crippen LogP contribution in [0.2, 0.25) is 0 Å². The van der Waals surface area contributed by atoms with Crippen LogP contribution in [0, 0.1) is 10.1 Å². The maximum absolute atomic E-state index is 10.9. The second-order valence-corrected chi connectivity index (χ2v) is 8.56. The summed E-state index contributed by atoms with van der Waals surface area (Å²) in [7, 11) is 0. The summed E-state index contributed by atoms with van der Waals surface area (Å²) in [6, 6.07) is 0. The molecule has 3 aliphatic heterocycles. The van der Waals surface area contributed by atoms with Crippen molar-refractivity contribution in [1.29, 1.82) is 0 Å². The van der Waals surface area contributed by atoms with Crippen molar-refractivity contribution in [3.05, 3.63) is 22.6 Å². The van der Waals surface area contributed by atoms with Gasteiger partial charge in [0.15, 0.2) is 24.2 Å². The highest BCUT2D eigenvalue weighted by Gasteiger charge is 2.60. The summed E-state index contributed by atoms with van der Waals surface area (Å²) in [5.41, 5.74) is 0. The molecule has 0 saturated carbocycles. The van der Waals surface area contributed by atoms with Crippen molar-refractivity contribution in [2.24, 2.45) is 0 Å². The molecule has 12 heteroatoms. The van der Waals surface area contributed by atoms with E-state index >= 15 is 0 Å². The monoisotopic (exact) mass is 429 g/mol. The van der Waals surface area contributed by atoms with Gasteiger partial charge in [-0.25, -0.2) is 9.55 Å². The van der Waals surface area contributed by atoms with Gasteiger partial charge in [-0.1, -0.05) is 0 Å². The Morgan fingerprint density at radius 2 is 1.87 bits per heavy atom. The van der Waals surface area contributed by atoms with Gasteiger partial charge >= 0.3 is 5.82 Å². The second-order valence-electron chi connectivity index (χ2n) is 8.56. The Hall–Kier alpha value is -1.67. The van der Waals surface area contributed by atoms with Gasteiger partial charge in [0.05, 0.1) is 13.2 Å². The molecule has 168 valence electrons. The second kappa shape index (κ2) is 7.79. The van der Waals surface area contributed by atoms with E-state index in [9.17, 15) is 15.2 Å². The van der Waals surface area contributed by atoms with E-state index < -0.39 is 47.2 Å². The van der Waals surface area contributed by atoms with Crippen molar-refractivity contribution in [1.82, 2.24) is 9.55 Å². The Morgan fingerprint density at radius 1 is 1.20 bits per heavy atom. The molecule has 0 bridgehead atoms. The third kappa shape index (κ3) is 4.35. The summed E-state index contributed by atoms with van der Waals surface area (Å²) in [6.07, 6.45) is -0.886. The molecule has 1 aromatic rings. The fourth-order valence-electron chi connectivity index (χ4n) is 4.03. The van der Waals surface area contributed by atoms with Crippen LogP contribution in [0.3, 0.4) is 0 Å². The molecule has 1 unspecified atom stereocenters. The molecule has 0 aromatic carbocycles. The number of hydrogen-bond donors (Lipinski definition) is 1. The van der Waals surface area contributed by atoms with Gasteiger partial charge in [-0.2, -0.15) is 0 Å². The SMILES string of the molecule is CC1(C)O[C@H]2[C@@H](O1)[C@@H](COCC(O)Cn1cncc1[N+](=O)[O-])O[C@@H]1OC(C)(C)O[C@@H]12. The van der Waals surface area contributed by atoms with Crippen LogP contribution in [0.15, 0.2) is 12.5 Å². The summed E-state index contributed by atoms with van der Waals surface area (Å²) in [4.78, 5) is 14.1. The molecular weight excluding hydrogens is 402 g/mol. The van der Waals surface area contributed by atoms with Crippen LogP contribution in [0.5, 0.6) is 0 Å². The minimum absolute atomic E-state index is 0.0175.